The monoisotopic (exact) mass is 272 g/mol. The van der Waals surface area contributed by atoms with Crippen molar-refractivity contribution >= 4 is 17.7 Å². The van der Waals surface area contributed by atoms with Crippen LogP contribution in [0.2, 0.25) is 0 Å². The van der Waals surface area contributed by atoms with E-state index in [2.05, 4.69) is 23.3 Å². The highest BCUT2D eigenvalue weighted by Crippen LogP contribution is 2.21. The lowest BCUT2D eigenvalue weighted by atomic mass is 10.2. The minimum atomic E-state index is 0.0390. The number of thioether (sulfide) groups is 1. The topological polar surface area (TPSA) is 42.0 Å². The van der Waals surface area contributed by atoms with Crippen molar-refractivity contribution in [2.45, 2.75) is 18.4 Å². The van der Waals surface area contributed by atoms with Gasteiger partial charge in [0.25, 0.3) is 0 Å². The fraction of sp³-hybridized carbons (Fsp3) is 0.200. The largest absolute Gasteiger partial charge is 0.351 e. The molecule has 2 aromatic rings. The van der Waals surface area contributed by atoms with Gasteiger partial charge in [-0.25, -0.2) is 0 Å². The van der Waals surface area contributed by atoms with Crippen LogP contribution in [-0.2, 0) is 11.3 Å². The molecule has 0 bridgehead atoms. The highest BCUT2D eigenvalue weighted by molar-refractivity contribution is 8.00. The van der Waals surface area contributed by atoms with Crippen LogP contribution in [0.1, 0.15) is 11.1 Å². The van der Waals surface area contributed by atoms with Crippen molar-refractivity contribution in [3.05, 3.63) is 59.9 Å². The molecule has 1 aromatic carbocycles. The van der Waals surface area contributed by atoms with E-state index in [9.17, 15) is 4.79 Å². The van der Waals surface area contributed by atoms with Gasteiger partial charge in [0.1, 0.15) is 0 Å². The lowest BCUT2D eigenvalue weighted by Gasteiger charge is -2.06. The molecule has 0 unspecified atom stereocenters. The molecule has 0 saturated carbocycles. The van der Waals surface area contributed by atoms with Gasteiger partial charge in [0, 0.05) is 23.8 Å². The quantitative estimate of drug-likeness (QED) is 0.851. The number of carbonyl (C=O) groups excluding carboxylic acids is 1. The summed E-state index contributed by atoms with van der Waals surface area (Å²) in [6, 6.07) is 11.9. The maximum atomic E-state index is 11.7. The number of pyridine rings is 1. The number of rotatable bonds is 5. The normalized spacial score (nSPS) is 10.2. The lowest BCUT2D eigenvalue weighted by Crippen LogP contribution is -2.24. The molecule has 1 amide bonds. The van der Waals surface area contributed by atoms with Gasteiger partial charge in [-0.3, -0.25) is 9.78 Å². The Balaban J connectivity index is 1.78. The molecule has 1 N–H and O–H groups in total. The van der Waals surface area contributed by atoms with Crippen LogP contribution in [0.3, 0.4) is 0 Å². The maximum Gasteiger partial charge on any atom is 0.230 e. The Morgan fingerprint density at radius 1 is 1.26 bits per heavy atom. The fourth-order valence-electron chi connectivity index (χ4n) is 1.62. The Morgan fingerprint density at radius 2 is 2.11 bits per heavy atom. The molecular formula is C15H16N2OS. The van der Waals surface area contributed by atoms with E-state index in [1.54, 1.807) is 24.2 Å². The van der Waals surface area contributed by atoms with E-state index in [1.165, 1.54) is 5.56 Å². The van der Waals surface area contributed by atoms with Crippen molar-refractivity contribution in [1.29, 1.82) is 0 Å². The number of aromatic nitrogens is 1. The van der Waals surface area contributed by atoms with E-state index in [4.69, 9.17) is 0 Å². The third-order valence-electron chi connectivity index (χ3n) is 2.66. The number of aryl methyl sites for hydroxylation is 1. The first kappa shape index (κ1) is 13.6. The van der Waals surface area contributed by atoms with E-state index in [0.717, 1.165) is 10.5 Å². The number of benzene rings is 1. The second-order valence-electron chi connectivity index (χ2n) is 4.19. The summed E-state index contributed by atoms with van der Waals surface area (Å²) < 4.78 is 0. The minimum absolute atomic E-state index is 0.0390. The number of nitrogens with zero attached hydrogens (tertiary/aromatic N) is 1. The predicted octanol–water partition coefficient (Wildman–Crippen LogP) is 2.80. The van der Waals surface area contributed by atoms with Crippen LogP contribution >= 0.6 is 11.8 Å². The first-order chi connectivity index (χ1) is 9.25. The summed E-state index contributed by atoms with van der Waals surface area (Å²) in [4.78, 5) is 16.9. The zero-order valence-electron chi connectivity index (χ0n) is 10.8. The highest BCUT2D eigenvalue weighted by atomic mass is 32.2. The number of carbonyl (C=O) groups is 1. The van der Waals surface area contributed by atoms with Gasteiger partial charge in [0.2, 0.25) is 5.91 Å². The van der Waals surface area contributed by atoms with Gasteiger partial charge in [-0.1, -0.05) is 24.3 Å². The van der Waals surface area contributed by atoms with Crippen molar-refractivity contribution in [3.63, 3.8) is 0 Å². The van der Waals surface area contributed by atoms with Gasteiger partial charge >= 0.3 is 0 Å². The molecule has 1 heterocycles. The lowest BCUT2D eigenvalue weighted by molar-refractivity contribution is -0.118. The summed E-state index contributed by atoms with van der Waals surface area (Å²) in [5.41, 5.74) is 2.21. The second-order valence-corrected chi connectivity index (χ2v) is 5.21. The summed E-state index contributed by atoms with van der Waals surface area (Å²) in [7, 11) is 0. The Morgan fingerprint density at radius 3 is 2.84 bits per heavy atom. The van der Waals surface area contributed by atoms with Crippen LogP contribution in [-0.4, -0.2) is 16.6 Å². The van der Waals surface area contributed by atoms with Crippen LogP contribution in [0.15, 0.2) is 53.7 Å². The minimum Gasteiger partial charge on any atom is -0.351 e. The van der Waals surface area contributed by atoms with E-state index >= 15 is 0 Å². The Kier molecular flexibility index (Phi) is 4.98. The van der Waals surface area contributed by atoms with Gasteiger partial charge in [0.05, 0.1) is 5.75 Å². The van der Waals surface area contributed by atoms with Crippen LogP contribution in [0.25, 0.3) is 0 Å². The fourth-order valence-corrected chi connectivity index (χ4v) is 2.48. The molecule has 3 nitrogen and oxygen atoms in total. The van der Waals surface area contributed by atoms with Crippen LogP contribution < -0.4 is 5.32 Å². The molecule has 0 spiro atoms. The zero-order valence-corrected chi connectivity index (χ0v) is 11.6. The number of amides is 1. The molecule has 0 aliphatic carbocycles. The standard InChI is InChI=1S/C15H16N2OS/c1-12-5-2-3-7-14(12)19-11-15(18)17-10-13-6-4-8-16-9-13/h2-9H,10-11H2,1H3,(H,17,18). The third kappa shape index (κ3) is 4.41. The molecule has 0 aliphatic rings. The van der Waals surface area contributed by atoms with Crippen LogP contribution in [0, 0.1) is 6.92 Å². The zero-order chi connectivity index (χ0) is 13.5. The molecule has 98 valence electrons. The molecule has 1 aromatic heterocycles. The molecule has 0 aliphatic heterocycles. The molecule has 4 heteroatoms. The third-order valence-corrected chi connectivity index (χ3v) is 3.84. The van der Waals surface area contributed by atoms with Crippen molar-refractivity contribution < 1.29 is 4.79 Å². The molecule has 0 fully saturated rings. The smallest absolute Gasteiger partial charge is 0.230 e. The van der Waals surface area contributed by atoms with Gasteiger partial charge in [-0.05, 0) is 30.2 Å². The molecule has 0 radical (unpaired) electrons. The maximum absolute atomic E-state index is 11.7. The second kappa shape index (κ2) is 6.95. The Bertz CT molecular complexity index is 543. The molecule has 2 rings (SSSR count). The molecule has 19 heavy (non-hydrogen) atoms. The summed E-state index contributed by atoms with van der Waals surface area (Å²) >= 11 is 1.56. The average Bonchev–Trinajstić information content (AvgIpc) is 2.45. The summed E-state index contributed by atoms with van der Waals surface area (Å²) in [5.74, 6) is 0.475. The van der Waals surface area contributed by atoms with E-state index in [0.29, 0.717) is 12.3 Å². The molecule has 0 atom stereocenters. The predicted molar refractivity (Wildman–Crippen MR) is 78.0 cm³/mol. The Labute approximate surface area is 117 Å². The number of hydrogen-bond donors (Lipinski definition) is 1. The number of nitrogens with one attached hydrogen (secondary N) is 1. The molecule has 0 saturated heterocycles. The number of hydrogen-bond acceptors (Lipinski definition) is 3. The summed E-state index contributed by atoms with van der Waals surface area (Å²) in [6.07, 6.45) is 3.48. The Hall–Kier alpha value is -1.81. The summed E-state index contributed by atoms with van der Waals surface area (Å²) in [5, 5.41) is 2.89. The van der Waals surface area contributed by atoms with Crippen molar-refractivity contribution in [2.75, 3.05) is 5.75 Å². The van der Waals surface area contributed by atoms with Gasteiger partial charge in [-0.2, -0.15) is 0 Å². The van der Waals surface area contributed by atoms with Crippen molar-refractivity contribution in [3.8, 4) is 0 Å². The average molecular weight is 272 g/mol. The SMILES string of the molecule is Cc1ccccc1SCC(=O)NCc1cccnc1. The van der Waals surface area contributed by atoms with Crippen molar-refractivity contribution in [2.24, 2.45) is 0 Å². The van der Waals surface area contributed by atoms with Crippen molar-refractivity contribution in [1.82, 2.24) is 10.3 Å². The first-order valence-electron chi connectivity index (χ1n) is 6.10. The molecular weight excluding hydrogens is 256 g/mol. The van der Waals surface area contributed by atoms with Crippen LogP contribution in [0.4, 0.5) is 0 Å². The van der Waals surface area contributed by atoms with Gasteiger partial charge < -0.3 is 5.32 Å². The van der Waals surface area contributed by atoms with E-state index in [-0.39, 0.29) is 5.91 Å². The van der Waals surface area contributed by atoms with Gasteiger partial charge in [0.15, 0.2) is 0 Å². The highest BCUT2D eigenvalue weighted by Gasteiger charge is 2.04. The first-order valence-corrected chi connectivity index (χ1v) is 7.08. The van der Waals surface area contributed by atoms with E-state index in [1.807, 2.05) is 30.3 Å². The summed E-state index contributed by atoms with van der Waals surface area (Å²) in [6.45, 7) is 2.58. The van der Waals surface area contributed by atoms with Gasteiger partial charge in [-0.15, -0.1) is 11.8 Å². The van der Waals surface area contributed by atoms with Crippen LogP contribution in [0.5, 0.6) is 0 Å². The van der Waals surface area contributed by atoms with E-state index < -0.39 is 0 Å².